The number of carbonyl (C=O) groups excluding carboxylic acids is 1. The number of carbonyl (C=O) groups is 3. The zero-order valence-electron chi connectivity index (χ0n) is 14.4. The normalized spacial score (nSPS) is 16.2. The summed E-state index contributed by atoms with van der Waals surface area (Å²) in [5.74, 6) is -5.74. The summed E-state index contributed by atoms with van der Waals surface area (Å²) >= 11 is 0. The molecule has 1 aromatic rings. The van der Waals surface area contributed by atoms with Gasteiger partial charge in [0.1, 0.15) is 0 Å². The van der Waals surface area contributed by atoms with E-state index in [4.69, 9.17) is 19.8 Å². The number of amides is 1. The van der Waals surface area contributed by atoms with Crippen molar-refractivity contribution in [2.24, 2.45) is 0 Å². The van der Waals surface area contributed by atoms with E-state index >= 15 is 0 Å². The number of nitrogens with zero attached hydrogens (tertiary/aromatic N) is 2. The van der Waals surface area contributed by atoms with Crippen LogP contribution in [0.15, 0.2) is 18.2 Å². The van der Waals surface area contributed by atoms with Crippen LogP contribution in [-0.2, 0) is 14.4 Å². The number of aliphatic carboxylic acids is 2. The van der Waals surface area contributed by atoms with Crippen LogP contribution in [0, 0.1) is 11.6 Å². The fraction of sp³-hybridized carbons (Fsp3) is 0.438. The first-order valence-corrected chi connectivity index (χ1v) is 7.76. The Bertz CT molecular complexity index is 651. The lowest BCUT2D eigenvalue weighted by Gasteiger charge is -2.35. The van der Waals surface area contributed by atoms with Gasteiger partial charge < -0.3 is 20.4 Å². The molecule has 0 radical (unpaired) electrons. The van der Waals surface area contributed by atoms with E-state index in [2.05, 4.69) is 15.1 Å². The van der Waals surface area contributed by atoms with Gasteiger partial charge in [-0.25, -0.2) is 18.4 Å². The topological polar surface area (TPSA) is 110 Å². The first-order chi connectivity index (χ1) is 12.1. The van der Waals surface area contributed by atoms with Crippen molar-refractivity contribution in [2.75, 3.05) is 38.5 Å². The second kappa shape index (κ2) is 9.78. The number of halogens is 2. The quantitative estimate of drug-likeness (QED) is 0.669. The average molecular weight is 373 g/mol. The summed E-state index contributed by atoms with van der Waals surface area (Å²) in [5.41, 5.74) is 0.273. The second-order valence-corrected chi connectivity index (χ2v) is 5.74. The number of hydrogen-bond donors (Lipinski definition) is 3. The van der Waals surface area contributed by atoms with Crippen molar-refractivity contribution >= 4 is 23.5 Å². The molecule has 1 atom stereocenters. The van der Waals surface area contributed by atoms with E-state index in [-0.39, 0.29) is 17.6 Å². The smallest absolute Gasteiger partial charge is 0.414 e. The van der Waals surface area contributed by atoms with E-state index in [9.17, 15) is 13.6 Å². The third kappa shape index (κ3) is 6.73. The van der Waals surface area contributed by atoms with Gasteiger partial charge in [-0.2, -0.15) is 0 Å². The third-order valence-electron chi connectivity index (χ3n) is 3.84. The molecule has 2 rings (SSSR count). The number of likely N-dealkylation sites (N-methyl/N-ethyl adjacent to an activating group) is 1. The largest absolute Gasteiger partial charge is 0.473 e. The predicted molar refractivity (Wildman–Crippen MR) is 88.8 cm³/mol. The molecule has 1 aromatic carbocycles. The van der Waals surface area contributed by atoms with Crippen LogP contribution >= 0.6 is 0 Å². The van der Waals surface area contributed by atoms with Crippen LogP contribution in [0.1, 0.15) is 6.92 Å². The highest BCUT2D eigenvalue weighted by atomic mass is 19.2. The number of benzene rings is 1. The molecule has 1 aliphatic heterocycles. The molecule has 0 saturated carbocycles. The Balaban J connectivity index is 0.000000487. The van der Waals surface area contributed by atoms with Crippen LogP contribution < -0.4 is 5.32 Å². The van der Waals surface area contributed by atoms with Crippen molar-refractivity contribution in [2.45, 2.75) is 13.0 Å². The lowest BCUT2D eigenvalue weighted by Crippen LogP contribution is -2.51. The summed E-state index contributed by atoms with van der Waals surface area (Å²) in [7, 11) is 2.05. The van der Waals surface area contributed by atoms with E-state index < -0.39 is 23.6 Å². The maximum atomic E-state index is 13.1. The molecule has 1 saturated heterocycles. The van der Waals surface area contributed by atoms with Crippen molar-refractivity contribution in [1.29, 1.82) is 0 Å². The molecule has 1 amide bonds. The van der Waals surface area contributed by atoms with Crippen molar-refractivity contribution in [3.63, 3.8) is 0 Å². The number of hydrogen-bond acceptors (Lipinski definition) is 5. The molecular weight excluding hydrogens is 352 g/mol. The summed E-state index contributed by atoms with van der Waals surface area (Å²) in [5, 5.41) is 17.4. The van der Waals surface area contributed by atoms with E-state index in [1.807, 2.05) is 14.0 Å². The van der Waals surface area contributed by atoms with Gasteiger partial charge in [0.25, 0.3) is 0 Å². The summed E-state index contributed by atoms with van der Waals surface area (Å²) in [6.45, 7) is 5.30. The molecule has 0 aromatic heterocycles. The molecule has 10 heteroatoms. The van der Waals surface area contributed by atoms with Gasteiger partial charge >= 0.3 is 11.9 Å². The molecule has 0 aliphatic carbocycles. The molecule has 1 unspecified atom stereocenters. The minimum Gasteiger partial charge on any atom is -0.473 e. The number of rotatable bonds is 3. The van der Waals surface area contributed by atoms with Gasteiger partial charge in [0, 0.05) is 37.9 Å². The summed E-state index contributed by atoms with van der Waals surface area (Å²) in [6, 6.07) is 3.06. The Morgan fingerprint density at radius 1 is 1.04 bits per heavy atom. The van der Waals surface area contributed by atoms with E-state index in [0.29, 0.717) is 0 Å². The highest BCUT2D eigenvalue weighted by Gasteiger charge is 2.24. The molecule has 3 N–H and O–H groups in total. The number of piperazine rings is 1. The average Bonchev–Trinajstić information content (AvgIpc) is 2.58. The third-order valence-corrected chi connectivity index (χ3v) is 3.84. The Hall–Kier alpha value is -2.59. The van der Waals surface area contributed by atoms with Crippen LogP contribution in [0.25, 0.3) is 0 Å². The fourth-order valence-electron chi connectivity index (χ4n) is 2.20. The zero-order valence-corrected chi connectivity index (χ0v) is 14.4. The van der Waals surface area contributed by atoms with Gasteiger partial charge in [0.2, 0.25) is 5.91 Å². The van der Waals surface area contributed by atoms with Crippen molar-refractivity contribution in [3.8, 4) is 0 Å². The van der Waals surface area contributed by atoms with Crippen molar-refractivity contribution in [3.05, 3.63) is 29.8 Å². The van der Waals surface area contributed by atoms with E-state index in [0.717, 1.165) is 38.3 Å². The second-order valence-electron chi connectivity index (χ2n) is 5.74. The highest BCUT2D eigenvalue weighted by molar-refractivity contribution is 6.27. The van der Waals surface area contributed by atoms with Crippen LogP contribution in [0.4, 0.5) is 14.5 Å². The minimum atomic E-state index is -1.82. The Morgan fingerprint density at radius 2 is 1.58 bits per heavy atom. The lowest BCUT2D eigenvalue weighted by atomic mass is 10.2. The number of anilines is 1. The van der Waals surface area contributed by atoms with Crippen molar-refractivity contribution < 1.29 is 33.4 Å². The van der Waals surface area contributed by atoms with Crippen LogP contribution in [-0.4, -0.2) is 77.1 Å². The predicted octanol–water partition coefficient (Wildman–Crippen LogP) is 0.695. The fourth-order valence-corrected chi connectivity index (χ4v) is 2.20. The lowest BCUT2D eigenvalue weighted by molar-refractivity contribution is -0.159. The first kappa shape index (κ1) is 21.5. The molecule has 1 aliphatic rings. The van der Waals surface area contributed by atoms with E-state index in [1.54, 1.807) is 0 Å². The molecule has 0 bridgehead atoms. The van der Waals surface area contributed by atoms with Crippen LogP contribution in [0.2, 0.25) is 0 Å². The standard InChI is InChI=1S/C14H19F2N3O.C2H2O4/c1-10(19-7-5-18(2)6-8-19)14(20)17-11-3-4-12(15)13(16)9-11;3-1(4)2(5)6/h3-4,9-10H,5-8H2,1-2H3,(H,17,20);(H,3,4)(H,5,6). The molecular formula is C16H21F2N3O5. The van der Waals surface area contributed by atoms with Gasteiger partial charge in [-0.3, -0.25) is 9.69 Å². The Kier molecular flexibility index (Phi) is 8.07. The zero-order chi connectivity index (χ0) is 19.9. The van der Waals surface area contributed by atoms with Gasteiger partial charge in [0.15, 0.2) is 11.6 Å². The number of nitrogens with one attached hydrogen (secondary N) is 1. The Labute approximate surface area is 149 Å². The monoisotopic (exact) mass is 373 g/mol. The number of carboxylic acids is 2. The summed E-state index contributed by atoms with van der Waals surface area (Å²) in [4.78, 5) is 34.6. The van der Waals surface area contributed by atoms with E-state index in [1.165, 1.54) is 6.07 Å². The van der Waals surface area contributed by atoms with Crippen LogP contribution in [0.3, 0.4) is 0 Å². The molecule has 144 valence electrons. The highest BCUT2D eigenvalue weighted by Crippen LogP contribution is 2.14. The summed E-state index contributed by atoms with van der Waals surface area (Å²) in [6.07, 6.45) is 0. The number of carboxylic acid groups (broad SMARTS) is 2. The SMILES string of the molecule is CC(C(=O)Nc1ccc(F)c(F)c1)N1CCN(C)CC1.O=C(O)C(=O)O. The van der Waals surface area contributed by atoms with Crippen LogP contribution in [0.5, 0.6) is 0 Å². The Morgan fingerprint density at radius 3 is 2.04 bits per heavy atom. The van der Waals surface area contributed by atoms with Gasteiger partial charge in [0.05, 0.1) is 6.04 Å². The molecule has 1 heterocycles. The van der Waals surface area contributed by atoms with Gasteiger partial charge in [-0.15, -0.1) is 0 Å². The maximum absolute atomic E-state index is 13.1. The van der Waals surface area contributed by atoms with Crippen molar-refractivity contribution in [1.82, 2.24) is 9.80 Å². The molecule has 26 heavy (non-hydrogen) atoms. The van der Waals surface area contributed by atoms with Gasteiger partial charge in [-0.1, -0.05) is 0 Å². The molecule has 8 nitrogen and oxygen atoms in total. The first-order valence-electron chi connectivity index (χ1n) is 7.76. The minimum absolute atomic E-state index is 0.208. The van der Waals surface area contributed by atoms with Gasteiger partial charge in [-0.05, 0) is 26.1 Å². The molecule has 1 fully saturated rings. The maximum Gasteiger partial charge on any atom is 0.414 e. The summed E-state index contributed by atoms with van der Waals surface area (Å²) < 4.78 is 25.9. The molecule has 0 spiro atoms.